The van der Waals surface area contributed by atoms with Gasteiger partial charge in [-0.15, -0.1) is 0 Å². The van der Waals surface area contributed by atoms with Gasteiger partial charge in [-0.25, -0.2) is 0 Å². The fourth-order valence-corrected chi connectivity index (χ4v) is 3.29. The summed E-state index contributed by atoms with van der Waals surface area (Å²) in [4.78, 5) is 0. The number of aliphatic hydroxyl groups is 1. The van der Waals surface area contributed by atoms with E-state index in [4.69, 9.17) is 9.84 Å². The second kappa shape index (κ2) is 5.13. The highest BCUT2D eigenvalue weighted by molar-refractivity contribution is 4.85. The van der Waals surface area contributed by atoms with Crippen LogP contribution in [0.1, 0.15) is 44.9 Å². The fourth-order valence-electron chi connectivity index (χ4n) is 3.29. The molecule has 1 N–H and O–H groups in total. The summed E-state index contributed by atoms with van der Waals surface area (Å²) in [5.74, 6) is 1.74. The van der Waals surface area contributed by atoms with Gasteiger partial charge >= 0.3 is 0 Å². The molecule has 0 radical (unpaired) electrons. The molecule has 0 spiro atoms. The van der Waals surface area contributed by atoms with Gasteiger partial charge in [0.1, 0.15) is 0 Å². The van der Waals surface area contributed by atoms with Crippen molar-refractivity contribution >= 4 is 0 Å². The number of aliphatic hydroxyl groups excluding tert-OH is 1. The van der Waals surface area contributed by atoms with Crippen molar-refractivity contribution in [2.24, 2.45) is 11.8 Å². The molecule has 3 atom stereocenters. The fraction of sp³-hybridized carbons (Fsp3) is 1.00. The minimum absolute atomic E-state index is 0.174. The molecule has 0 aliphatic heterocycles. The van der Waals surface area contributed by atoms with Gasteiger partial charge in [0.05, 0.1) is 19.3 Å². The Balaban J connectivity index is 1.88. The van der Waals surface area contributed by atoms with Gasteiger partial charge in [-0.3, -0.25) is 0 Å². The first kappa shape index (κ1) is 10.4. The maximum atomic E-state index is 8.77. The second-order valence-electron chi connectivity index (χ2n) is 4.77. The average molecular weight is 198 g/mol. The summed E-state index contributed by atoms with van der Waals surface area (Å²) >= 11 is 0. The maximum Gasteiger partial charge on any atom is 0.0701 e. The number of ether oxygens (including phenoxy) is 1. The molecule has 2 heteroatoms. The molecule has 0 saturated heterocycles. The molecule has 3 unspecified atom stereocenters. The first-order valence-corrected chi connectivity index (χ1v) is 6.14. The molecule has 0 aromatic heterocycles. The van der Waals surface area contributed by atoms with E-state index in [0.29, 0.717) is 12.7 Å². The van der Waals surface area contributed by atoms with Gasteiger partial charge in [0.25, 0.3) is 0 Å². The lowest BCUT2D eigenvalue weighted by molar-refractivity contribution is -0.0562. The molecule has 2 rings (SSSR count). The molecule has 2 fully saturated rings. The van der Waals surface area contributed by atoms with Crippen molar-refractivity contribution in [3.05, 3.63) is 0 Å². The van der Waals surface area contributed by atoms with Gasteiger partial charge in [0.2, 0.25) is 0 Å². The highest BCUT2D eigenvalue weighted by Gasteiger charge is 2.35. The highest BCUT2D eigenvalue weighted by atomic mass is 16.5. The van der Waals surface area contributed by atoms with E-state index >= 15 is 0 Å². The Morgan fingerprint density at radius 1 is 1.00 bits per heavy atom. The monoisotopic (exact) mass is 198 g/mol. The first-order valence-electron chi connectivity index (χ1n) is 6.14. The number of hydrogen-bond acceptors (Lipinski definition) is 2. The van der Waals surface area contributed by atoms with Crippen LogP contribution < -0.4 is 0 Å². The molecule has 0 aromatic carbocycles. The normalized spacial score (nSPS) is 37.9. The average Bonchev–Trinajstić information content (AvgIpc) is 2.26. The van der Waals surface area contributed by atoms with E-state index in [9.17, 15) is 0 Å². The molecule has 2 saturated carbocycles. The van der Waals surface area contributed by atoms with E-state index < -0.39 is 0 Å². The molecule has 14 heavy (non-hydrogen) atoms. The minimum Gasteiger partial charge on any atom is -0.394 e. The molecule has 2 aliphatic carbocycles. The maximum absolute atomic E-state index is 8.77. The number of rotatable bonds is 3. The third-order valence-corrected chi connectivity index (χ3v) is 3.93. The lowest BCUT2D eigenvalue weighted by Gasteiger charge is -2.41. The third-order valence-electron chi connectivity index (χ3n) is 3.93. The molecule has 82 valence electrons. The van der Waals surface area contributed by atoms with Gasteiger partial charge in [-0.2, -0.15) is 0 Å². The van der Waals surface area contributed by atoms with Crippen LogP contribution in [0, 0.1) is 11.8 Å². The summed E-state index contributed by atoms with van der Waals surface area (Å²) in [5.41, 5.74) is 0. The molecule has 2 nitrogen and oxygen atoms in total. The van der Waals surface area contributed by atoms with Gasteiger partial charge in [-0.05, 0) is 31.1 Å². The Hall–Kier alpha value is -0.0800. The molecule has 0 amide bonds. The molecule has 0 heterocycles. The zero-order chi connectivity index (χ0) is 9.80. The number of fused-ring (bicyclic) bond motifs is 1. The summed E-state index contributed by atoms with van der Waals surface area (Å²) in [7, 11) is 0. The van der Waals surface area contributed by atoms with Crippen LogP contribution in [0.5, 0.6) is 0 Å². The van der Waals surface area contributed by atoms with Crippen LogP contribution >= 0.6 is 0 Å². The first-order chi connectivity index (χ1) is 6.92. The zero-order valence-corrected chi connectivity index (χ0v) is 8.95. The van der Waals surface area contributed by atoms with Crippen molar-refractivity contribution in [1.29, 1.82) is 0 Å². The van der Waals surface area contributed by atoms with E-state index in [0.717, 1.165) is 11.8 Å². The zero-order valence-electron chi connectivity index (χ0n) is 8.95. The molecule has 0 aromatic rings. The highest BCUT2D eigenvalue weighted by Crippen LogP contribution is 2.41. The lowest BCUT2D eigenvalue weighted by atomic mass is 9.69. The Morgan fingerprint density at radius 2 is 1.79 bits per heavy atom. The Kier molecular flexibility index (Phi) is 3.82. The van der Waals surface area contributed by atoms with Crippen molar-refractivity contribution < 1.29 is 9.84 Å². The van der Waals surface area contributed by atoms with Crippen LogP contribution in [-0.4, -0.2) is 24.4 Å². The Bertz CT molecular complexity index is 168. The summed E-state index contributed by atoms with van der Waals surface area (Å²) < 4.78 is 5.75. The smallest absolute Gasteiger partial charge is 0.0701 e. The summed E-state index contributed by atoms with van der Waals surface area (Å²) in [6, 6.07) is 0. The molecule has 2 aliphatic rings. The van der Waals surface area contributed by atoms with Gasteiger partial charge in [0, 0.05) is 0 Å². The van der Waals surface area contributed by atoms with Crippen LogP contribution in [0.25, 0.3) is 0 Å². The van der Waals surface area contributed by atoms with Crippen molar-refractivity contribution in [1.82, 2.24) is 0 Å². The SMILES string of the molecule is OCCOC1CCCC2CCCCC21. The summed E-state index contributed by atoms with van der Waals surface area (Å²) in [6.45, 7) is 0.710. The lowest BCUT2D eigenvalue weighted by Crippen LogP contribution is -2.36. The third kappa shape index (κ3) is 2.29. The van der Waals surface area contributed by atoms with Crippen molar-refractivity contribution in [3.8, 4) is 0 Å². The van der Waals surface area contributed by atoms with Crippen molar-refractivity contribution in [3.63, 3.8) is 0 Å². The van der Waals surface area contributed by atoms with Crippen LogP contribution in [0.3, 0.4) is 0 Å². The second-order valence-corrected chi connectivity index (χ2v) is 4.77. The quantitative estimate of drug-likeness (QED) is 0.754. The predicted octanol–water partition coefficient (Wildman–Crippen LogP) is 2.35. The molecule has 0 bridgehead atoms. The van der Waals surface area contributed by atoms with Crippen LogP contribution in [0.15, 0.2) is 0 Å². The Labute approximate surface area is 86.6 Å². The topological polar surface area (TPSA) is 29.5 Å². The van der Waals surface area contributed by atoms with E-state index in [2.05, 4.69) is 0 Å². The van der Waals surface area contributed by atoms with Gasteiger partial charge in [-0.1, -0.05) is 25.7 Å². The van der Waals surface area contributed by atoms with Crippen LogP contribution in [-0.2, 0) is 4.74 Å². The van der Waals surface area contributed by atoms with Crippen molar-refractivity contribution in [2.45, 2.75) is 51.0 Å². The van der Waals surface area contributed by atoms with E-state index in [1.807, 2.05) is 0 Å². The predicted molar refractivity (Wildman–Crippen MR) is 56.1 cm³/mol. The molecular formula is C12H22O2. The summed E-state index contributed by atoms with van der Waals surface area (Å²) in [5, 5.41) is 8.77. The van der Waals surface area contributed by atoms with E-state index in [-0.39, 0.29) is 6.61 Å². The number of hydrogen-bond donors (Lipinski definition) is 1. The van der Waals surface area contributed by atoms with Crippen LogP contribution in [0.2, 0.25) is 0 Å². The van der Waals surface area contributed by atoms with E-state index in [1.165, 1.54) is 44.9 Å². The Morgan fingerprint density at radius 3 is 2.64 bits per heavy atom. The van der Waals surface area contributed by atoms with E-state index in [1.54, 1.807) is 0 Å². The van der Waals surface area contributed by atoms with Crippen LogP contribution in [0.4, 0.5) is 0 Å². The van der Waals surface area contributed by atoms with Gasteiger partial charge < -0.3 is 9.84 Å². The van der Waals surface area contributed by atoms with Crippen molar-refractivity contribution in [2.75, 3.05) is 13.2 Å². The standard InChI is InChI=1S/C12H22O2/c13-8-9-14-12-7-3-5-10-4-1-2-6-11(10)12/h10-13H,1-9H2. The largest absolute Gasteiger partial charge is 0.394 e. The minimum atomic E-state index is 0.174. The molecular weight excluding hydrogens is 176 g/mol. The summed E-state index contributed by atoms with van der Waals surface area (Å²) in [6.07, 6.45) is 10.0. The van der Waals surface area contributed by atoms with Gasteiger partial charge in [0.15, 0.2) is 0 Å².